The third-order valence-corrected chi connectivity index (χ3v) is 2.56. The van der Waals surface area contributed by atoms with Gasteiger partial charge in [0.15, 0.2) is 12.2 Å². The van der Waals surface area contributed by atoms with Crippen molar-refractivity contribution in [2.75, 3.05) is 5.43 Å². The molecule has 0 bridgehead atoms. The van der Waals surface area contributed by atoms with Gasteiger partial charge in [-0.3, -0.25) is 15.4 Å². The highest BCUT2D eigenvalue weighted by Crippen LogP contribution is 2.17. The number of hydrogen-bond acceptors (Lipinski definition) is 6. The molecule has 3 aromatic rings. The first-order valence-corrected chi connectivity index (χ1v) is 5.96. The molecule has 0 radical (unpaired) electrons. The number of pyridine rings is 2. The Morgan fingerprint density at radius 2 is 1.95 bits per heavy atom. The molecular formula is C14H11N5O. The van der Waals surface area contributed by atoms with Crippen molar-refractivity contribution in [3.05, 3.63) is 61.0 Å². The molecule has 0 spiro atoms. The first-order chi connectivity index (χ1) is 9.92. The van der Waals surface area contributed by atoms with Crippen molar-refractivity contribution in [3.8, 4) is 11.5 Å². The molecule has 6 heteroatoms. The largest absolute Gasteiger partial charge is 0.442 e. The third kappa shape index (κ3) is 2.86. The second-order valence-electron chi connectivity index (χ2n) is 3.95. The SMILES string of the molecule is C(=N\Nc1ccc(-c2cnco2)nc1)/c1ccncc1. The molecular weight excluding hydrogens is 254 g/mol. The predicted octanol–water partition coefficient (Wildman–Crippen LogP) is 2.58. The molecule has 3 aromatic heterocycles. The molecule has 0 saturated carbocycles. The maximum Gasteiger partial charge on any atom is 0.181 e. The summed E-state index contributed by atoms with van der Waals surface area (Å²) in [5, 5.41) is 4.13. The number of nitrogens with zero attached hydrogens (tertiary/aromatic N) is 4. The van der Waals surface area contributed by atoms with E-state index in [0.717, 1.165) is 16.9 Å². The molecule has 0 saturated heterocycles. The summed E-state index contributed by atoms with van der Waals surface area (Å²) in [6.07, 6.45) is 9.83. The second-order valence-corrected chi connectivity index (χ2v) is 3.95. The van der Waals surface area contributed by atoms with Crippen LogP contribution in [0.5, 0.6) is 0 Å². The van der Waals surface area contributed by atoms with E-state index in [4.69, 9.17) is 4.42 Å². The van der Waals surface area contributed by atoms with Crippen molar-refractivity contribution in [1.82, 2.24) is 15.0 Å². The fraction of sp³-hybridized carbons (Fsp3) is 0. The van der Waals surface area contributed by atoms with E-state index in [1.807, 2.05) is 24.3 Å². The maximum absolute atomic E-state index is 5.17. The van der Waals surface area contributed by atoms with Gasteiger partial charge in [0.1, 0.15) is 5.69 Å². The molecule has 3 rings (SSSR count). The lowest BCUT2D eigenvalue weighted by Gasteiger charge is -2.00. The van der Waals surface area contributed by atoms with Crippen molar-refractivity contribution >= 4 is 11.9 Å². The summed E-state index contributed by atoms with van der Waals surface area (Å²) in [6.45, 7) is 0. The lowest BCUT2D eigenvalue weighted by Crippen LogP contribution is -1.92. The Kier molecular flexibility index (Phi) is 3.46. The molecule has 20 heavy (non-hydrogen) atoms. The van der Waals surface area contributed by atoms with Gasteiger partial charge in [-0.2, -0.15) is 5.10 Å². The van der Waals surface area contributed by atoms with Gasteiger partial charge in [-0.05, 0) is 29.8 Å². The van der Waals surface area contributed by atoms with E-state index in [1.165, 1.54) is 6.39 Å². The van der Waals surface area contributed by atoms with Crippen molar-refractivity contribution < 1.29 is 4.42 Å². The van der Waals surface area contributed by atoms with Gasteiger partial charge >= 0.3 is 0 Å². The van der Waals surface area contributed by atoms with Gasteiger partial charge in [-0.15, -0.1) is 0 Å². The number of hydrazone groups is 1. The molecule has 0 fully saturated rings. The Bertz CT molecular complexity index is 677. The minimum atomic E-state index is 0.636. The average Bonchev–Trinajstić information content (AvgIpc) is 3.03. The van der Waals surface area contributed by atoms with E-state index in [9.17, 15) is 0 Å². The van der Waals surface area contributed by atoms with Gasteiger partial charge in [0.2, 0.25) is 0 Å². The van der Waals surface area contributed by atoms with Crippen molar-refractivity contribution in [1.29, 1.82) is 0 Å². The van der Waals surface area contributed by atoms with E-state index in [1.54, 1.807) is 31.0 Å². The van der Waals surface area contributed by atoms with Gasteiger partial charge in [-0.25, -0.2) is 4.98 Å². The van der Waals surface area contributed by atoms with Gasteiger partial charge in [-0.1, -0.05) is 0 Å². The molecule has 6 nitrogen and oxygen atoms in total. The summed E-state index contributed by atoms with van der Waals surface area (Å²) in [6, 6.07) is 7.45. The van der Waals surface area contributed by atoms with E-state index < -0.39 is 0 Å². The number of aromatic nitrogens is 3. The van der Waals surface area contributed by atoms with Crippen LogP contribution in [0, 0.1) is 0 Å². The normalized spacial score (nSPS) is 10.8. The highest BCUT2D eigenvalue weighted by atomic mass is 16.3. The summed E-state index contributed by atoms with van der Waals surface area (Å²) >= 11 is 0. The lowest BCUT2D eigenvalue weighted by molar-refractivity contribution is 0.570. The minimum Gasteiger partial charge on any atom is -0.442 e. The highest BCUT2D eigenvalue weighted by Gasteiger charge is 2.02. The monoisotopic (exact) mass is 265 g/mol. The number of oxazole rings is 1. The number of anilines is 1. The van der Waals surface area contributed by atoms with E-state index in [-0.39, 0.29) is 0 Å². The Morgan fingerprint density at radius 3 is 2.65 bits per heavy atom. The van der Waals surface area contributed by atoms with Crippen LogP contribution in [0.4, 0.5) is 5.69 Å². The molecule has 0 amide bonds. The van der Waals surface area contributed by atoms with Gasteiger partial charge in [0.05, 0.1) is 24.3 Å². The first kappa shape index (κ1) is 12.0. The average molecular weight is 265 g/mol. The van der Waals surface area contributed by atoms with Crippen LogP contribution >= 0.6 is 0 Å². The van der Waals surface area contributed by atoms with E-state index >= 15 is 0 Å². The van der Waals surface area contributed by atoms with Crippen molar-refractivity contribution in [2.45, 2.75) is 0 Å². The van der Waals surface area contributed by atoms with Gasteiger partial charge in [0, 0.05) is 12.4 Å². The molecule has 0 unspecified atom stereocenters. The second kappa shape index (κ2) is 5.75. The van der Waals surface area contributed by atoms with Crippen LogP contribution < -0.4 is 5.43 Å². The summed E-state index contributed by atoms with van der Waals surface area (Å²) < 4.78 is 5.17. The quantitative estimate of drug-likeness (QED) is 0.579. The Labute approximate surface area is 115 Å². The standard InChI is InChI=1S/C14H11N5O/c1-2-13(14-9-16-10-20-14)17-8-12(1)19-18-7-11-3-5-15-6-4-11/h1-10,19H/b18-7+. The zero-order valence-electron chi connectivity index (χ0n) is 10.5. The molecule has 3 heterocycles. The smallest absolute Gasteiger partial charge is 0.181 e. The van der Waals surface area contributed by atoms with Crippen molar-refractivity contribution in [3.63, 3.8) is 0 Å². The summed E-state index contributed by atoms with van der Waals surface area (Å²) in [5.41, 5.74) is 5.40. The third-order valence-electron chi connectivity index (χ3n) is 2.56. The van der Waals surface area contributed by atoms with Crippen LogP contribution in [0.25, 0.3) is 11.5 Å². The summed E-state index contributed by atoms with van der Waals surface area (Å²) in [5.74, 6) is 0.636. The van der Waals surface area contributed by atoms with Crippen LogP contribution in [0.2, 0.25) is 0 Å². The number of rotatable bonds is 4. The van der Waals surface area contributed by atoms with Crippen LogP contribution in [0.3, 0.4) is 0 Å². The molecule has 98 valence electrons. The zero-order valence-corrected chi connectivity index (χ0v) is 10.5. The molecule has 0 aromatic carbocycles. The van der Waals surface area contributed by atoms with E-state index in [0.29, 0.717) is 5.76 Å². The van der Waals surface area contributed by atoms with Crippen LogP contribution in [-0.4, -0.2) is 21.2 Å². The fourth-order valence-electron chi connectivity index (χ4n) is 1.58. The topological polar surface area (TPSA) is 76.2 Å². The van der Waals surface area contributed by atoms with Crippen molar-refractivity contribution in [2.24, 2.45) is 5.10 Å². The molecule has 0 aliphatic heterocycles. The Hall–Kier alpha value is -3.02. The summed E-state index contributed by atoms with van der Waals surface area (Å²) in [4.78, 5) is 12.1. The highest BCUT2D eigenvalue weighted by molar-refractivity contribution is 5.79. The summed E-state index contributed by atoms with van der Waals surface area (Å²) in [7, 11) is 0. The van der Waals surface area contributed by atoms with Gasteiger partial charge in [0.25, 0.3) is 0 Å². The van der Waals surface area contributed by atoms with Crippen LogP contribution in [0.1, 0.15) is 5.56 Å². The Morgan fingerprint density at radius 1 is 1.05 bits per heavy atom. The number of hydrogen-bond donors (Lipinski definition) is 1. The lowest BCUT2D eigenvalue weighted by atomic mass is 10.3. The minimum absolute atomic E-state index is 0.636. The molecule has 0 atom stereocenters. The first-order valence-electron chi connectivity index (χ1n) is 5.96. The van der Waals surface area contributed by atoms with E-state index in [2.05, 4.69) is 25.5 Å². The molecule has 1 N–H and O–H groups in total. The maximum atomic E-state index is 5.17. The molecule has 0 aliphatic carbocycles. The predicted molar refractivity (Wildman–Crippen MR) is 75.2 cm³/mol. The zero-order chi connectivity index (χ0) is 13.6. The number of nitrogens with one attached hydrogen (secondary N) is 1. The van der Waals surface area contributed by atoms with Crippen LogP contribution in [-0.2, 0) is 0 Å². The molecule has 0 aliphatic rings. The van der Waals surface area contributed by atoms with Gasteiger partial charge < -0.3 is 4.42 Å². The van der Waals surface area contributed by atoms with Crippen LogP contribution in [0.15, 0.2) is 65.0 Å². The fourth-order valence-corrected chi connectivity index (χ4v) is 1.58. The Balaban J connectivity index is 1.65.